The molecule has 0 bridgehead atoms. The molecular weight excluding hydrogens is 416 g/mol. The molecule has 1 saturated heterocycles. The lowest BCUT2D eigenvalue weighted by Crippen LogP contribution is -3.13. The molecule has 1 aromatic carbocycles. The van der Waals surface area contributed by atoms with Crippen LogP contribution in [0.15, 0.2) is 51.6 Å². The number of morpholine rings is 1. The van der Waals surface area contributed by atoms with E-state index < -0.39 is 0 Å². The van der Waals surface area contributed by atoms with Gasteiger partial charge in [0, 0.05) is 0 Å². The van der Waals surface area contributed by atoms with Crippen molar-refractivity contribution in [1.29, 1.82) is 0 Å². The molecule has 1 N–H and O–H groups in total. The van der Waals surface area contributed by atoms with Crippen LogP contribution >= 0.6 is 28.1 Å². The Balaban J connectivity index is 1.70. The van der Waals surface area contributed by atoms with Crippen molar-refractivity contribution in [3.63, 3.8) is 0 Å². The van der Waals surface area contributed by atoms with Gasteiger partial charge in [0.1, 0.15) is 13.1 Å². The number of hydrogen-bond donors (Lipinski definition) is 1. The van der Waals surface area contributed by atoms with Gasteiger partial charge in [-0.2, -0.15) is 4.68 Å². The Morgan fingerprint density at radius 3 is 2.58 bits per heavy atom. The summed E-state index contributed by atoms with van der Waals surface area (Å²) in [6, 6.07) is 14.0. The van der Waals surface area contributed by atoms with Crippen molar-refractivity contribution in [2.24, 2.45) is 0 Å². The topological polar surface area (TPSA) is 49.6 Å². The fourth-order valence-corrected chi connectivity index (χ4v) is 3.66. The molecule has 6 nitrogen and oxygen atoms in total. The summed E-state index contributed by atoms with van der Waals surface area (Å²) in [5.74, 6) is 1.45. The molecule has 0 radical (unpaired) electrons. The molecule has 0 amide bonds. The van der Waals surface area contributed by atoms with E-state index in [1.807, 2.05) is 39.6 Å². The summed E-state index contributed by atoms with van der Waals surface area (Å²) in [5, 5.41) is 4.78. The first kappa shape index (κ1) is 17.7. The molecule has 0 saturated carbocycles. The predicted octanol–water partition coefficient (Wildman–Crippen LogP) is 2.36. The van der Waals surface area contributed by atoms with Gasteiger partial charge >= 0.3 is 0 Å². The van der Waals surface area contributed by atoms with Gasteiger partial charge in [-0.25, -0.2) is 0 Å². The second-order valence-corrected chi connectivity index (χ2v) is 7.45. The molecule has 4 rings (SSSR count). The predicted molar refractivity (Wildman–Crippen MR) is 104 cm³/mol. The number of furan rings is 1. The minimum atomic E-state index is 0.659. The van der Waals surface area contributed by atoms with E-state index in [-0.39, 0.29) is 0 Å². The van der Waals surface area contributed by atoms with Gasteiger partial charge in [-0.05, 0) is 45.8 Å². The van der Waals surface area contributed by atoms with Crippen LogP contribution in [0.4, 0.5) is 0 Å². The summed E-state index contributed by atoms with van der Waals surface area (Å²) in [7, 11) is 0. The zero-order valence-corrected chi connectivity index (χ0v) is 16.6. The molecule has 8 heteroatoms. The second-order valence-electron chi connectivity index (χ2n) is 6.30. The number of nitrogens with zero attached hydrogens (tertiary/aromatic N) is 3. The quantitative estimate of drug-likeness (QED) is 0.624. The van der Waals surface area contributed by atoms with Crippen molar-refractivity contribution in [3.05, 3.63) is 57.5 Å². The van der Waals surface area contributed by atoms with Gasteiger partial charge in [-0.3, -0.25) is 4.57 Å². The molecule has 0 spiro atoms. The third-order valence-corrected chi connectivity index (χ3v) is 5.33. The summed E-state index contributed by atoms with van der Waals surface area (Å²) >= 11 is 9.12. The highest BCUT2D eigenvalue weighted by Gasteiger charge is 2.20. The van der Waals surface area contributed by atoms with E-state index in [0.29, 0.717) is 21.7 Å². The highest BCUT2D eigenvalue weighted by Crippen LogP contribution is 2.24. The van der Waals surface area contributed by atoms with Crippen LogP contribution in [0.2, 0.25) is 0 Å². The molecule has 1 aliphatic rings. The Bertz CT molecular complexity index is 928. The highest BCUT2D eigenvalue weighted by atomic mass is 79.9. The highest BCUT2D eigenvalue weighted by molar-refractivity contribution is 9.10. The SMILES string of the molecule is S=c1n(C[NH+]2CCOCC2)nc(-c2ccc(Br)o2)n1Cc1ccccc1. The Hall–Kier alpha value is -1.74. The molecule has 0 unspecified atom stereocenters. The van der Waals surface area contributed by atoms with Crippen molar-refractivity contribution in [3.8, 4) is 11.6 Å². The number of hydrogen-bond acceptors (Lipinski definition) is 4. The first-order valence-electron chi connectivity index (χ1n) is 8.59. The number of rotatable bonds is 5. The van der Waals surface area contributed by atoms with Crippen LogP contribution in [0.1, 0.15) is 5.56 Å². The van der Waals surface area contributed by atoms with Gasteiger partial charge < -0.3 is 14.1 Å². The summed E-state index contributed by atoms with van der Waals surface area (Å²) in [6.45, 7) is 4.89. The summed E-state index contributed by atoms with van der Waals surface area (Å²) < 4.78 is 16.5. The monoisotopic (exact) mass is 435 g/mol. The number of halogens is 1. The third kappa shape index (κ3) is 3.83. The average Bonchev–Trinajstić information content (AvgIpc) is 3.22. The third-order valence-electron chi connectivity index (χ3n) is 4.47. The maximum atomic E-state index is 5.75. The molecule has 1 aliphatic heterocycles. The molecule has 136 valence electrons. The lowest BCUT2D eigenvalue weighted by molar-refractivity contribution is -0.930. The van der Waals surface area contributed by atoms with E-state index in [1.165, 1.54) is 10.5 Å². The maximum Gasteiger partial charge on any atom is 0.203 e. The van der Waals surface area contributed by atoms with E-state index in [4.69, 9.17) is 26.5 Å². The van der Waals surface area contributed by atoms with Gasteiger partial charge in [0.05, 0.1) is 19.8 Å². The second kappa shape index (κ2) is 7.87. The maximum absolute atomic E-state index is 5.75. The molecule has 3 heterocycles. The zero-order chi connectivity index (χ0) is 17.9. The Morgan fingerprint density at radius 2 is 1.88 bits per heavy atom. The number of ether oxygens (including phenoxy) is 1. The first-order valence-corrected chi connectivity index (χ1v) is 9.79. The molecular formula is C18H20BrN4O2S+. The Kier molecular flexibility index (Phi) is 5.35. The van der Waals surface area contributed by atoms with Gasteiger partial charge in [0.25, 0.3) is 0 Å². The molecule has 3 aromatic rings. The van der Waals surface area contributed by atoms with E-state index >= 15 is 0 Å². The standard InChI is InChI=1S/C18H19BrN4O2S/c19-16-7-6-15(25-16)17-20-23(13-21-8-10-24-11-9-21)18(26)22(17)12-14-4-2-1-3-5-14/h1-7H,8-13H2/p+1. The van der Waals surface area contributed by atoms with Crippen LogP contribution in [0.3, 0.4) is 0 Å². The Morgan fingerprint density at radius 1 is 1.12 bits per heavy atom. The number of benzene rings is 1. The molecule has 26 heavy (non-hydrogen) atoms. The fraction of sp³-hybridized carbons (Fsp3) is 0.333. The van der Waals surface area contributed by atoms with Crippen LogP contribution in [0.25, 0.3) is 11.6 Å². The van der Waals surface area contributed by atoms with Crippen molar-refractivity contribution in [2.75, 3.05) is 26.3 Å². The fourth-order valence-electron chi connectivity index (χ4n) is 3.10. The molecule has 0 aliphatic carbocycles. The van der Waals surface area contributed by atoms with E-state index in [0.717, 1.165) is 38.8 Å². The lowest BCUT2D eigenvalue weighted by atomic mass is 10.2. The Labute approximate surface area is 165 Å². The van der Waals surface area contributed by atoms with Gasteiger partial charge in [0.2, 0.25) is 4.77 Å². The van der Waals surface area contributed by atoms with Crippen molar-refractivity contribution in [1.82, 2.24) is 14.3 Å². The van der Waals surface area contributed by atoms with E-state index in [9.17, 15) is 0 Å². The number of nitrogens with one attached hydrogen (secondary N) is 1. The molecule has 2 aromatic heterocycles. The van der Waals surface area contributed by atoms with Crippen LogP contribution in [0, 0.1) is 4.77 Å². The zero-order valence-electron chi connectivity index (χ0n) is 14.2. The number of quaternary nitrogens is 1. The number of aromatic nitrogens is 3. The van der Waals surface area contributed by atoms with Crippen molar-refractivity contribution >= 4 is 28.1 Å². The van der Waals surface area contributed by atoms with Gasteiger partial charge in [0.15, 0.2) is 22.9 Å². The average molecular weight is 436 g/mol. The summed E-state index contributed by atoms with van der Waals surface area (Å²) in [6.07, 6.45) is 0. The van der Waals surface area contributed by atoms with E-state index in [2.05, 4.69) is 28.1 Å². The summed E-state index contributed by atoms with van der Waals surface area (Å²) in [4.78, 5) is 1.42. The molecule has 1 fully saturated rings. The first-order chi connectivity index (χ1) is 12.7. The van der Waals surface area contributed by atoms with Gasteiger partial charge in [-0.15, -0.1) is 5.10 Å². The minimum absolute atomic E-state index is 0.659. The summed E-state index contributed by atoms with van der Waals surface area (Å²) in [5.41, 5.74) is 1.17. The smallest absolute Gasteiger partial charge is 0.203 e. The van der Waals surface area contributed by atoms with Crippen molar-refractivity contribution < 1.29 is 14.1 Å². The molecule has 0 atom stereocenters. The lowest BCUT2D eigenvalue weighted by Gasteiger charge is -2.23. The normalized spacial score (nSPS) is 15.4. The largest absolute Gasteiger partial charge is 0.446 e. The minimum Gasteiger partial charge on any atom is -0.446 e. The van der Waals surface area contributed by atoms with Crippen LogP contribution in [0.5, 0.6) is 0 Å². The van der Waals surface area contributed by atoms with Crippen molar-refractivity contribution in [2.45, 2.75) is 13.2 Å². The van der Waals surface area contributed by atoms with Crippen LogP contribution in [-0.2, 0) is 18.0 Å². The van der Waals surface area contributed by atoms with E-state index in [1.54, 1.807) is 0 Å². The van der Waals surface area contributed by atoms with Gasteiger partial charge in [-0.1, -0.05) is 30.3 Å². The van der Waals surface area contributed by atoms with Crippen LogP contribution < -0.4 is 4.90 Å². The van der Waals surface area contributed by atoms with Crippen LogP contribution in [-0.4, -0.2) is 40.7 Å².